The summed E-state index contributed by atoms with van der Waals surface area (Å²) in [5.41, 5.74) is 6.86. The van der Waals surface area contributed by atoms with Crippen LogP contribution in [0.3, 0.4) is 0 Å². The molecule has 0 saturated carbocycles. The van der Waals surface area contributed by atoms with E-state index in [-0.39, 0.29) is 0 Å². The lowest BCUT2D eigenvalue weighted by Gasteiger charge is -1.98. The van der Waals surface area contributed by atoms with Gasteiger partial charge in [-0.15, -0.1) is 11.3 Å². The molecule has 2 heteroatoms. The van der Waals surface area contributed by atoms with Crippen molar-refractivity contribution in [2.24, 2.45) is 11.7 Å². The summed E-state index contributed by atoms with van der Waals surface area (Å²) in [5.74, 6) is 0.729. The molecule has 1 heterocycles. The third-order valence-corrected chi connectivity index (χ3v) is 3.60. The molecule has 0 unspecified atom stereocenters. The van der Waals surface area contributed by atoms with Crippen LogP contribution in [-0.4, -0.2) is 0 Å². The Morgan fingerprint density at radius 3 is 2.73 bits per heavy atom. The van der Waals surface area contributed by atoms with E-state index in [1.807, 2.05) is 11.3 Å². The smallest absolute Gasteiger partial charge is 0.0348 e. The Morgan fingerprint density at radius 2 is 2.07 bits per heavy atom. The highest BCUT2D eigenvalue weighted by atomic mass is 32.1. The van der Waals surface area contributed by atoms with Crippen LogP contribution in [0.4, 0.5) is 0 Å². The molecule has 0 amide bonds. The lowest BCUT2D eigenvalue weighted by molar-refractivity contribution is 0.654. The van der Waals surface area contributed by atoms with Crippen molar-refractivity contribution < 1.29 is 0 Å². The van der Waals surface area contributed by atoms with E-state index in [0.717, 1.165) is 5.92 Å². The first-order chi connectivity index (χ1) is 7.19. The summed E-state index contributed by atoms with van der Waals surface area (Å²) in [6.07, 6.45) is 1.18. The van der Waals surface area contributed by atoms with Gasteiger partial charge in [0.15, 0.2) is 0 Å². The number of hydrogen-bond donors (Lipinski definition) is 1. The van der Waals surface area contributed by atoms with Gasteiger partial charge in [0, 0.05) is 16.1 Å². The van der Waals surface area contributed by atoms with E-state index in [2.05, 4.69) is 38.1 Å². The second-order valence-electron chi connectivity index (χ2n) is 4.39. The predicted octanol–water partition coefficient (Wildman–Crippen LogP) is 3.56. The quantitative estimate of drug-likeness (QED) is 0.839. The summed E-state index contributed by atoms with van der Waals surface area (Å²) in [7, 11) is 0. The first-order valence-electron chi connectivity index (χ1n) is 5.40. The standard InChI is InChI=1S/C13H17NS/c1-9(2)5-12-7-11-4-3-10(8-14)6-13(11)15-12/h3-4,6-7,9H,5,8,14H2,1-2H3. The number of hydrogen-bond acceptors (Lipinski definition) is 2. The van der Waals surface area contributed by atoms with Crippen LogP contribution >= 0.6 is 11.3 Å². The summed E-state index contributed by atoms with van der Waals surface area (Å²) in [4.78, 5) is 1.48. The molecular formula is C13H17NS. The van der Waals surface area contributed by atoms with E-state index >= 15 is 0 Å². The topological polar surface area (TPSA) is 26.0 Å². The summed E-state index contributed by atoms with van der Waals surface area (Å²) in [5, 5.41) is 1.35. The molecule has 2 aromatic rings. The molecule has 0 atom stereocenters. The fourth-order valence-electron chi connectivity index (χ4n) is 1.76. The van der Waals surface area contributed by atoms with Gasteiger partial charge in [-0.05, 0) is 35.4 Å². The third-order valence-electron chi connectivity index (χ3n) is 2.48. The molecule has 0 radical (unpaired) electrons. The van der Waals surface area contributed by atoms with Gasteiger partial charge in [-0.25, -0.2) is 0 Å². The molecule has 2 N–H and O–H groups in total. The second-order valence-corrected chi connectivity index (χ2v) is 5.56. The minimum Gasteiger partial charge on any atom is -0.326 e. The van der Waals surface area contributed by atoms with Gasteiger partial charge in [0.25, 0.3) is 0 Å². The zero-order chi connectivity index (χ0) is 10.8. The van der Waals surface area contributed by atoms with Crippen LogP contribution in [0.2, 0.25) is 0 Å². The Labute approximate surface area is 94.9 Å². The van der Waals surface area contributed by atoms with Gasteiger partial charge in [0.1, 0.15) is 0 Å². The first kappa shape index (κ1) is 10.7. The predicted molar refractivity (Wildman–Crippen MR) is 68.3 cm³/mol. The van der Waals surface area contributed by atoms with Crippen molar-refractivity contribution in [3.05, 3.63) is 34.7 Å². The normalized spacial score (nSPS) is 11.5. The maximum Gasteiger partial charge on any atom is 0.0348 e. The van der Waals surface area contributed by atoms with Gasteiger partial charge in [-0.3, -0.25) is 0 Å². The van der Waals surface area contributed by atoms with E-state index in [1.54, 1.807) is 0 Å². The zero-order valence-electron chi connectivity index (χ0n) is 9.29. The highest BCUT2D eigenvalue weighted by Crippen LogP contribution is 2.28. The maximum atomic E-state index is 5.63. The monoisotopic (exact) mass is 219 g/mol. The summed E-state index contributed by atoms with van der Waals surface area (Å²) < 4.78 is 1.37. The van der Waals surface area contributed by atoms with E-state index in [4.69, 9.17) is 5.73 Å². The summed E-state index contributed by atoms with van der Waals surface area (Å²) in [6.45, 7) is 5.15. The fraction of sp³-hybridized carbons (Fsp3) is 0.385. The van der Waals surface area contributed by atoms with E-state index < -0.39 is 0 Å². The molecule has 0 spiro atoms. The van der Waals surface area contributed by atoms with Gasteiger partial charge in [-0.2, -0.15) is 0 Å². The maximum absolute atomic E-state index is 5.63. The highest BCUT2D eigenvalue weighted by molar-refractivity contribution is 7.19. The van der Waals surface area contributed by atoms with Gasteiger partial charge in [0.2, 0.25) is 0 Å². The molecule has 0 aliphatic heterocycles. The van der Waals surface area contributed by atoms with Crippen LogP contribution in [0.15, 0.2) is 24.3 Å². The molecular weight excluding hydrogens is 202 g/mol. The van der Waals surface area contributed by atoms with Crippen molar-refractivity contribution in [3.63, 3.8) is 0 Å². The number of rotatable bonds is 3. The van der Waals surface area contributed by atoms with Crippen LogP contribution in [-0.2, 0) is 13.0 Å². The Balaban J connectivity index is 2.37. The van der Waals surface area contributed by atoms with Gasteiger partial charge in [-0.1, -0.05) is 26.0 Å². The van der Waals surface area contributed by atoms with Crippen LogP contribution in [0, 0.1) is 5.92 Å². The highest BCUT2D eigenvalue weighted by Gasteiger charge is 2.04. The van der Waals surface area contributed by atoms with Crippen LogP contribution < -0.4 is 5.73 Å². The second kappa shape index (κ2) is 4.33. The summed E-state index contributed by atoms with van der Waals surface area (Å²) >= 11 is 1.90. The van der Waals surface area contributed by atoms with E-state index in [0.29, 0.717) is 6.54 Å². The molecule has 0 saturated heterocycles. The Morgan fingerprint density at radius 1 is 1.27 bits per heavy atom. The van der Waals surface area contributed by atoms with Gasteiger partial charge in [0.05, 0.1) is 0 Å². The Kier molecular flexibility index (Phi) is 3.08. The lowest BCUT2D eigenvalue weighted by atomic mass is 10.1. The fourth-order valence-corrected chi connectivity index (χ4v) is 3.10. The first-order valence-corrected chi connectivity index (χ1v) is 6.22. The van der Waals surface area contributed by atoms with Crippen LogP contribution in [0.5, 0.6) is 0 Å². The third kappa shape index (κ3) is 2.39. The number of benzene rings is 1. The van der Waals surface area contributed by atoms with Crippen molar-refractivity contribution in [2.75, 3.05) is 0 Å². The van der Waals surface area contributed by atoms with Crippen LogP contribution in [0.25, 0.3) is 10.1 Å². The van der Waals surface area contributed by atoms with Crippen molar-refractivity contribution in [1.29, 1.82) is 0 Å². The average molecular weight is 219 g/mol. The van der Waals surface area contributed by atoms with Gasteiger partial charge >= 0.3 is 0 Å². The molecule has 80 valence electrons. The van der Waals surface area contributed by atoms with Crippen LogP contribution in [0.1, 0.15) is 24.3 Å². The lowest BCUT2D eigenvalue weighted by Crippen LogP contribution is -1.94. The van der Waals surface area contributed by atoms with E-state index in [1.165, 1.54) is 26.9 Å². The van der Waals surface area contributed by atoms with Crippen molar-refractivity contribution in [3.8, 4) is 0 Å². The summed E-state index contributed by atoms with van der Waals surface area (Å²) in [6, 6.07) is 8.82. The van der Waals surface area contributed by atoms with Crippen molar-refractivity contribution in [1.82, 2.24) is 0 Å². The number of fused-ring (bicyclic) bond motifs is 1. The van der Waals surface area contributed by atoms with E-state index in [9.17, 15) is 0 Å². The Bertz CT molecular complexity index is 457. The molecule has 1 aromatic carbocycles. The molecule has 0 bridgehead atoms. The average Bonchev–Trinajstić information content (AvgIpc) is 2.57. The molecule has 0 fully saturated rings. The zero-order valence-corrected chi connectivity index (χ0v) is 10.1. The van der Waals surface area contributed by atoms with Crippen molar-refractivity contribution in [2.45, 2.75) is 26.8 Å². The minimum atomic E-state index is 0.632. The minimum absolute atomic E-state index is 0.632. The SMILES string of the molecule is CC(C)Cc1cc2ccc(CN)cc2s1. The largest absolute Gasteiger partial charge is 0.326 e. The Hall–Kier alpha value is -0.860. The molecule has 0 aliphatic carbocycles. The molecule has 1 aromatic heterocycles. The molecule has 0 aliphatic rings. The molecule has 2 rings (SSSR count). The number of nitrogens with two attached hydrogens (primary N) is 1. The molecule has 15 heavy (non-hydrogen) atoms. The number of thiophene rings is 1. The van der Waals surface area contributed by atoms with Gasteiger partial charge < -0.3 is 5.73 Å². The van der Waals surface area contributed by atoms with Crippen molar-refractivity contribution >= 4 is 21.4 Å². The molecule has 1 nitrogen and oxygen atoms in total.